The number of carbonyl (C=O) groups is 1. The molecule has 0 aliphatic rings. The summed E-state index contributed by atoms with van der Waals surface area (Å²) in [7, 11) is -3.62. The van der Waals surface area contributed by atoms with E-state index in [0.29, 0.717) is 5.56 Å². The van der Waals surface area contributed by atoms with E-state index < -0.39 is 10.0 Å². The summed E-state index contributed by atoms with van der Waals surface area (Å²) in [4.78, 5) is 13.9. The average Bonchev–Trinajstić information content (AvgIpc) is 2.51. The lowest BCUT2D eigenvalue weighted by atomic mass is 10.1. The van der Waals surface area contributed by atoms with E-state index in [1.807, 2.05) is 45.0 Å². The number of sulfonamides is 1. The lowest BCUT2D eigenvalue weighted by molar-refractivity contribution is -0.116. The summed E-state index contributed by atoms with van der Waals surface area (Å²) in [5.74, 6) is -0.123. The fraction of sp³-hybridized carbons (Fsp3) is 0.350. The number of rotatable bonds is 6. The van der Waals surface area contributed by atoms with Crippen molar-refractivity contribution in [2.75, 3.05) is 18.0 Å². The van der Waals surface area contributed by atoms with Crippen LogP contribution in [0.1, 0.15) is 29.2 Å². The van der Waals surface area contributed by atoms with Crippen molar-refractivity contribution in [3.8, 4) is 0 Å². The molecule has 0 aliphatic carbocycles. The quantitative estimate of drug-likeness (QED) is 0.844. The molecule has 2 aromatic rings. The Morgan fingerprint density at radius 3 is 2.08 bits per heavy atom. The van der Waals surface area contributed by atoms with E-state index in [2.05, 4.69) is 4.72 Å². The van der Waals surface area contributed by atoms with Crippen molar-refractivity contribution in [1.29, 1.82) is 0 Å². The smallest absolute Gasteiger partial charge is 0.240 e. The van der Waals surface area contributed by atoms with Crippen molar-refractivity contribution in [2.45, 2.75) is 39.5 Å². The molecule has 0 aliphatic heterocycles. The molecule has 2 rings (SSSR count). The van der Waals surface area contributed by atoms with Crippen molar-refractivity contribution in [3.63, 3.8) is 0 Å². The first kappa shape index (κ1) is 20.1. The van der Waals surface area contributed by atoms with Gasteiger partial charge < -0.3 is 4.90 Å². The Hall–Kier alpha value is -2.18. The van der Waals surface area contributed by atoms with Crippen LogP contribution in [-0.2, 0) is 14.8 Å². The van der Waals surface area contributed by atoms with Crippen LogP contribution in [0.15, 0.2) is 41.3 Å². The second-order valence-corrected chi connectivity index (χ2v) is 8.36. The van der Waals surface area contributed by atoms with Gasteiger partial charge in [0.2, 0.25) is 15.9 Å². The maximum Gasteiger partial charge on any atom is 0.240 e. The van der Waals surface area contributed by atoms with Crippen LogP contribution in [0.2, 0.25) is 0 Å². The monoisotopic (exact) mass is 374 g/mol. The number of aryl methyl sites for hydroxylation is 4. The summed E-state index contributed by atoms with van der Waals surface area (Å²) >= 11 is 0. The molecule has 0 radical (unpaired) electrons. The molecule has 0 unspecified atom stereocenters. The molecule has 6 heteroatoms. The Morgan fingerprint density at radius 2 is 1.54 bits per heavy atom. The maximum atomic E-state index is 12.5. The molecule has 5 nitrogen and oxygen atoms in total. The zero-order chi connectivity index (χ0) is 19.5. The summed E-state index contributed by atoms with van der Waals surface area (Å²) < 4.78 is 27.7. The third kappa shape index (κ3) is 4.71. The highest BCUT2D eigenvalue weighted by Crippen LogP contribution is 2.21. The number of nitrogens with zero attached hydrogens (tertiary/aromatic N) is 1. The van der Waals surface area contributed by atoms with Crippen molar-refractivity contribution in [1.82, 2.24) is 4.72 Å². The average molecular weight is 375 g/mol. The van der Waals surface area contributed by atoms with Crippen molar-refractivity contribution in [3.05, 3.63) is 58.7 Å². The molecular formula is C20H26N2O3S. The molecule has 140 valence electrons. The van der Waals surface area contributed by atoms with Gasteiger partial charge >= 0.3 is 0 Å². The lowest BCUT2D eigenvalue weighted by Crippen LogP contribution is -2.38. The SMILES string of the molecule is CC(=O)N(CCNS(=O)(=O)c1ccc(C)cc1C)c1ccc(C)cc1C. The molecule has 2 aromatic carbocycles. The third-order valence-corrected chi connectivity index (χ3v) is 5.89. The maximum absolute atomic E-state index is 12.5. The van der Waals surface area contributed by atoms with E-state index in [1.54, 1.807) is 24.0 Å². The van der Waals surface area contributed by atoms with Gasteiger partial charge in [0.25, 0.3) is 0 Å². The topological polar surface area (TPSA) is 66.5 Å². The fourth-order valence-electron chi connectivity index (χ4n) is 3.03. The normalized spacial score (nSPS) is 11.4. The van der Waals surface area contributed by atoms with E-state index in [-0.39, 0.29) is 23.9 Å². The van der Waals surface area contributed by atoms with Crippen LogP contribution in [0, 0.1) is 27.7 Å². The molecule has 0 saturated heterocycles. The highest BCUT2D eigenvalue weighted by molar-refractivity contribution is 7.89. The van der Waals surface area contributed by atoms with E-state index >= 15 is 0 Å². The van der Waals surface area contributed by atoms with E-state index in [1.165, 1.54) is 6.92 Å². The van der Waals surface area contributed by atoms with Crippen LogP contribution in [0.4, 0.5) is 5.69 Å². The largest absolute Gasteiger partial charge is 0.311 e. The number of hydrogen-bond donors (Lipinski definition) is 1. The predicted octanol–water partition coefficient (Wildman–Crippen LogP) is 3.25. The van der Waals surface area contributed by atoms with E-state index in [0.717, 1.165) is 22.4 Å². The molecule has 1 N–H and O–H groups in total. The van der Waals surface area contributed by atoms with E-state index in [4.69, 9.17) is 0 Å². The molecule has 0 bridgehead atoms. The molecule has 0 saturated carbocycles. The first-order chi connectivity index (χ1) is 12.1. The van der Waals surface area contributed by atoms with Crippen molar-refractivity contribution in [2.24, 2.45) is 0 Å². The molecule has 0 spiro atoms. The van der Waals surface area contributed by atoms with Gasteiger partial charge in [-0.2, -0.15) is 0 Å². The Morgan fingerprint density at radius 1 is 0.962 bits per heavy atom. The van der Waals surface area contributed by atoms with Gasteiger partial charge in [0.1, 0.15) is 0 Å². The van der Waals surface area contributed by atoms with Crippen LogP contribution in [0.3, 0.4) is 0 Å². The van der Waals surface area contributed by atoms with Crippen LogP contribution >= 0.6 is 0 Å². The molecule has 0 aromatic heterocycles. The van der Waals surface area contributed by atoms with Gasteiger partial charge in [-0.3, -0.25) is 4.79 Å². The summed E-state index contributed by atoms with van der Waals surface area (Å²) in [6.45, 7) is 9.53. The zero-order valence-corrected chi connectivity index (χ0v) is 16.8. The number of hydrogen-bond acceptors (Lipinski definition) is 3. The fourth-order valence-corrected chi connectivity index (χ4v) is 4.27. The molecular weight excluding hydrogens is 348 g/mol. The number of anilines is 1. The van der Waals surface area contributed by atoms with Gasteiger partial charge in [-0.25, -0.2) is 13.1 Å². The minimum Gasteiger partial charge on any atom is -0.311 e. The Bertz CT molecular complexity index is 921. The number of carbonyl (C=O) groups excluding carboxylic acids is 1. The van der Waals surface area contributed by atoms with Crippen LogP contribution in [-0.4, -0.2) is 27.4 Å². The number of amides is 1. The van der Waals surface area contributed by atoms with Gasteiger partial charge in [-0.1, -0.05) is 35.4 Å². The predicted molar refractivity (Wildman–Crippen MR) is 105 cm³/mol. The van der Waals surface area contributed by atoms with Gasteiger partial charge in [0.05, 0.1) is 4.90 Å². The highest BCUT2D eigenvalue weighted by atomic mass is 32.2. The van der Waals surface area contributed by atoms with Gasteiger partial charge in [0, 0.05) is 25.7 Å². The van der Waals surface area contributed by atoms with Gasteiger partial charge in [-0.05, 0) is 51.0 Å². The van der Waals surface area contributed by atoms with Crippen LogP contribution in [0.5, 0.6) is 0 Å². The first-order valence-electron chi connectivity index (χ1n) is 8.54. The minimum absolute atomic E-state index is 0.123. The second kappa shape index (κ2) is 8.01. The third-order valence-electron chi connectivity index (χ3n) is 4.27. The molecule has 0 fully saturated rings. The van der Waals surface area contributed by atoms with Crippen molar-refractivity contribution < 1.29 is 13.2 Å². The first-order valence-corrected chi connectivity index (χ1v) is 10.0. The summed E-state index contributed by atoms with van der Waals surface area (Å²) in [5, 5.41) is 0. The molecule has 1 amide bonds. The van der Waals surface area contributed by atoms with Crippen LogP contribution < -0.4 is 9.62 Å². The molecule has 26 heavy (non-hydrogen) atoms. The van der Waals surface area contributed by atoms with Crippen molar-refractivity contribution >= 4 is 21.6 Å². The zero-order valence-electron chi connectivity index (χ0n) is 16.0. The summed E-state index contributed by atoms with van der Waals surface area (Å²) in [6, 6.07) is 11.1. The second-order valence-electron chi connectivity index (χ2n) is 6.63. The highest BCUT2D eigenvalue weighted by Gasteiger charge is 2.18. The van der Waals surface area contributed by atoms with Gasteiger partial charge in [0.15, 0.2) is 0 Å². The summed E-state index contributed by atoms with van der Waals surface area (Å²) in [5.41, 5.74) is 4.62. The van der Waals surface area contributed by atoms with Gasteiger partial charge in [-0.15, -0.1) is 0 Å². The van der Waals surface area contributed by atoms with Crippen LogP contribution in [0.25, 0.3) is 0 Å². The standard InChI is InChI=1S/C20H26N2O3S/c1-14-6-8-19(16(3)12-14)22(18(5)23)11-10-21-26(24,25)20-9-7-15(2)13-17(20)4/h6-9,12-13,21H,10-11H2,1-5H3. The minimum atomic E-state index is -3.62. The van der Waals surface area contributed by atoms with E-state index in [9.17, 15) is 13.2 Å². The Labute approximate surface area is 156 Å². The lowest BCUT2D eigenvalue weighted by Gasteiger charge is -2.23. The molecule has 0 heterocycles. The Kier molecular flexibility index (Phi) is 6.21. The Balaban J connectivity index is 2.13. The number of nitrogens with one attached hydrogen (secondary N) is 1. The number of benzene rings is 2. The molecule has 0 atom stereocenters. The summed E-state index contributed by atoms with van der Waals surface area (Å²) in [6.07, 6.45) is 0.